The van der Waals surface area contributed by atoms with Gasteiger partial charge in [0.2, 0.25) is 0 Å². The summed E-state index contributed by atoms with van der Waals surface area (Å²) in [6, 6.07) is 1.56. The van der Waals surface area contributed by atoms with Gasteiger partial charge in [-0.3, -0.25) is 4.79 Å². The number of H-pyrrole nitrogens is 1. The van der Waals surface area contributed by atoms with E-state index in [2.05, 4.69) is 19.9 Å². The predicted molar refractivity (Wildman–Crippen MR) is 65.1 cm³/mol. The molecule has 0 spiro atoms. The van der Waals surface area contributed by atoms with Crippen LogP contribution in [-0.4, -0.2) is 31.6 Å². The van der Waals surface area contributed by atoms with Crippen molar-refractivity contribution in [3.63, 3.8) is 0 Å². The molecule has 0 radical (unpaired) electrons. The quantitative estimate of drug-likeness (QED) is 0.778. The summed E-state index contributed by atoms with van der Waals surface area (Å²) >= 11 is 0.967. The number of aromatic nitrogens is 3. The van der Waals surface area contributed by atoms with E-state index in [-0.39, 0.29) is 11.4 Å². The first-order chi connectivity index (χ1) is 8.49. The van der Waals surface area contributed by atoms with Crippen LogP contribution in [-0.2, 0) is 0 Å². The molecule has 0 saturated carbocycles. The number of carboxylic acid groups (broad SMARTS) is 1. The molecule has 7 nitrogen and oxygen atoms in total. The van der Waals surface area contributed by atoms with Crippen molar-refractivity contribution in [2.45, 2.75) is 13.8 Å². The van der Waals surface area contributed by atoms with Crippen LogP contribution in [0.15, 0.2) is 6.07 Å². The van der Waals surface area contributed by atoms with Crippen molar-refractivity contribution in [3.05, 3.63) is 28.0 Å². The van der Waals surface area contributed by atoms with Gasteiger partial charge in [0.1, 0.15) is 10.6 Å². The third kappa shape index (κ3) is 2.23. The molecular formula is C10H10N4O3S. The van der Waals surface area contributed by atoms with Crippen molar-refractivity contribution in [1.82, 2.24) is 14.6 Å². The number of nitrogens with one attached hydrogen (secondary N) is 2. The zero-order chi connectivity index (χ0) is 13.3. The normalized spacial score (nSPS) is 10.3. The van der Waals surface area contributed by atoms with E-state index in [1.807, 2.05) is 0 Å². The number of nitrogens with zero attached hydrogens (tertiary/aromatic N) is 2. The summed E-state index contributed by atoms with van der Waals surface area (Å²) in [6.45, 7) is 3.38. The fourth-order valence-corrected chi connectivity index (χ4v) is 2.03. The molecule has 8 heteroatoms. The van der Waals surface area contributed by atoms with Gasteiger partial charge in [-0.25, -0.2) is 4.79 Å². The third-order valence-corrected chi connectivity index (χ3v) is 3.10. The topological polar surface area (TPSA) is 108 Å². The Morgan fingerprint density at radius 1 is 1.44 bits per heavy atom. The molecule has 0 unspecified atom stereocenters. The minimum Gasteiger partial charge on any atom is -0.477 e. The van der Waals surface area contributed by atoms with Crippen LogP contribution in [0.4, 0.5) is 5.69 Å². The van der Waals surface area contributed by atoms with Crippen LogP contribution in [0.3, 0.4) is 0 Å². The smallest absolute Gasteiger partial charge is 0.354 e. The van der Waals surface area contributed by atoms with Crippen LogP contribution < -0.4 is 5.32 Å². The van der Waals surface area contributed by atoms with Crippen LogP contribution in [0, 0.1) is 13.8 Å². The van der Waals surface area contributed by atoms with Crippen LogP contribution >= 0.6 is 11.5 Å². The predicted octanol–water partition coefficient (Wildman–Crippen LogP) is 1.43. The average molecular weight is 266 g/mol. The highest BCUT2D eigenvalue weighted by atomic mass is 32.1. The molecule has 2 heterocycles. The standard InChI is InChI=1S/C10H10N4O3S/c1-4-3-6(7(11-4)10(16)17)12-9(15)8-5(2)13-14-18-8/h3,11H,1-2H3,(H,12,15)(H,16,17). The number of carbonyl (C=O) groups is 2. The lowest BCUT2D eigenvalue weighted by molar-refractivity contribution is 0.0692. The number of rotatable bonds is 3. The van der Waals surface area contributed by atoms with Gasteiger partial charge in [-0.2, -0.15) is 0 Å². The molecule has 18 heavy (non-hydrogen) atoms. The van der Waals surface area contributed by atoms with E-state index >= 15 is 0 Å². The SMILES string of the molecule is Cc1cc(NC(=O)c2snnc2C)c(C(=O)O)[nH]1. The minimum absolute atomic E-state index is 0.0454. The summed E-state index contributed by atoms with van der Waals surface area (Å²) in [5, 5.41) is 15.2. The zero-order valence-corrected chi connectivity index (χ0v) is 10.5. The number of hydrogen-bond donors (Lipinski definition) is 3. The highest BCUT2D eigenvalue weighted by Gasteiger charge is 2.18. The number of aromatic amines is 1. The Kier molecular flexibility index (Phi) is 3.11. The van der Waals surface area contributed by atoms with E-state index in [1.54, 1.807) is 19.9 Å². The number of carbonyl (C=O) groups excluding carboxylic acids is 1. The fraction of sp³-hybridized carbons (Fsp3) is 0.200. The van der Waals surface area contributed by atoms with E-state index in [1.165, 1.54) is 0 Å². The number of carboxylic acids is 1. The monoisotopic (exact) mass is 266 g/mol. The van der Waals surface area contributed by atoms with Gasteiger partial charge < -0.3 is 15.4 Å². The van der Waals surface area contributed by atoms with Crippen molar-refractivity contribution in [2.24, 2.45) is 0 Å². The summed E-state index contributed by atoms with van der Waals surface area (Å²) in [4.78, 5) is 25.9. The van der Waals surface area contributed by atoms with Gasteiger partial charge in [-0.15, -0.1) is 5.10 Å². The highest BCUT2D eigenvalue weighted by Crippen LogP contribution is 2.19. The molecule has 2 aromatic heterocycles. The van der Waals surface area contributed by atoms with Gasteiger partial charge in [0.15, 0.2) is 0 Å². The van der Waals surface area contributed by atoms with E-state index in [0.29, 0.717) is 16.3 Å². The maximum atomic E-state index is 11.9. The summed E-state index contributed by atoms with van der Waals surface area (Å²) in [6.07, 6.45) is 0. The van der Waals surface area contributed by atoms with Crippen LogP contribution in [0.2, 0.25) is 0 Å². The van der Waals surface area contributed by atoms with E-state index < -0.39 is 11.9 Å². The van der Waals surface area contributed by atoms with Gasteiger partial charge in [0.25, 0.3) is 5.91 Å². The van der Waals surface area contributed by atoms with Gasteiger partial charge in [-0.1, -0.05) is 4.49 Å². The van der Waals surface area contributed by atoms with Gasteiger partial charge in [-0.05, 0) is 31.4 Å². The molecule has 0 aliphatic heterocycles. The number of aryl methyl sites for hydroxylation is 2. The molecule has 0 fully saturated rings. The molecule has 0 bridgehead atoms. The Labute approximate surface area is 106 Å². The Morgan fingerprint density at radius 3 is 2.72 bits per heavy atom. The number of anilines is 1. The number of amides is 1. The highest BCUT2D eigenvalue weighted by molar-refractivity contribution is 7.08. The Bertz CT molecular complexity index is 616. The van der Waals surface area contributed by atoms with Gasteiger partial charge >= 0.3 is 5.97 Å². The van der Waals surface area contributed by atoms with E-state index in [9.17, 15) is 9.59 Å². The zero-order valence-electron chi connectivity index (χ0n) is 9.64. The lowest BCUT2D eigenvalue weighted by Crippen LogP contribution is -2.13. The molecule has 3 N–H and O–H groups in total. The Balaban J connectivity index is 2.27. The van der Waals surface area contributed by atoms with Crippen LogP contribution in [0.1, 0.15) is 31.5 Å². The van der Waals surface area contributed by atoms with Crippen molar-refractivity contribution in [1.29, 1.82) is 0 Å². The van der Waals surface area contributed by atoms with Gasteiger partial charge in [0, 0.05) is 5.69 Å². The maximum absolute atomic E-state index is 11.9. The first-order valence-corrected chi connectivity index (χ1v) is 5.79. The number of hydrogen-bond acceptors (Lipinski definition) is 5. The van der Waals surface area contributed by atoms with Crippen LogP contribution in [0.25, 0.3) is 0 Å². The molecule has 2 aromatic rings. The molecular weight excluding hydrogens is 256 g/mol. The van der Waals surface area contributed by atoms with E-state index in [0.717, 1.165) is 11.5 Å². The second-order valence-electron chi connectivity index (χ2n) is 3.69. The molecule has 0 aliphatic rings. The molecule has 1 amide bonds. The molecule has 2 rings (SSSR count). The summed E-state index contributed by atoms with van der Waals surface area (Å²) in [7, 11) is 0. The van der Waals surface area contributed by atoms with Crippen LogP contribution in [0.5, 0.6) is 0 Å². The molecule has 0 aliphatic carbocycles. The molecule has 0 saturated heterocycles. The maximum Gasteiger partial charge on any atom is 0.354 e. The first kappa shape index (κ1) is 12.2. The average Bonchev–Trinajstić information content (AvgIpc) is 2.84. The first-order valence-electron chi connectivity index (χ1n) is 5.02. The van der Waals surface area contributed by atoms with Crippen molar-refractivity contribution < 1.29 is 14.7 Å². The Hall–Kier alpha value is -2.22. The summed E-state index contributed by atoms with van der Waals surface area (Å²) < 4.78 is 3.65. The lowest BCUT2D eigenvalue weighted by atomic mass is 10.3. The summed E-state index contributed by atoms with van der Waals surface area (Å²) in [5.41, 5.74) is 1.36. The molecule has 94 valence electrons. The number of aromatic carboxylic acids is 1. The lowest BCUT2D eigenvalue weighted by Gasteiger charge is -2.02. The Morgan fingerprint density at radius 2 is 2.17 bits per heavy atom. The van der Waals surface area contributed by atoms with Crippen molar-refractivity contribution in [3.8, 4) is 0 Å². The van der Waals surface area contributed by atoms with Gasteiger partial charge in [0.05, 0.1) is 11.4 Å². The van der Waals surface area contributed by atoms with Crippen molar-refractivity contribution in [2.75, 3.05) is 5.32 Å². The van der Waals surface area contributed by atoms with E-state index in [4.69, 9.17) is 5.11 Å². The summed E-state index contributed by atoms with van der Waals surface area (Å²) in [5.74, 6) is -1.54. The third-order valence-electron chi connectivity index (χ3n) is 2.27. The second-order valence-corrected chi connectivity index (χ2v) is 4.44. The molecule has 0 aromatic carbocycles. The second kappa shape index (κ2) is 4.57. The minimum atomic E-state index is -1.13. The molecule has 0 atom stereocenters. The largest absolute Gasteiger partial charge is 0.477 e. The fourth-order valence-electron chi connectivity index (χ4n) is 1.48. The van der Waals surface area contributed by atoms with Crippen molar-refractivity contribution >= 4 is 29.1 Å².